The third-order valence-corrected chi connectivity index (χ3v) is 1.71. The van der Waals surface area contributed by atoms with E-state index in [1.807, 2.05) is 0 Å². The Labute approximate surface area is 118 Å². The summed E-state index contributed by atoms with van der Waals surface area (Å²) in [5.41, 5.74) is 0.229. The summed E-state index contributed by atoms with van der Waals surface area (Å²) in [5, 5.41) is 20.5. The van der Waals surface area contributed by atoms with E-state index in [0.29, 0.717) is 5.56 Å². The molecular weight excluding hydrogens is 237 g/mol. The summed E-state index contributed by atoms with van der Waals surface area (Å²) >= 11 is 0. The number of carboxylic acids is 1. The Morgan fingerprint density at radius 2 is 1.94 bits per heavy atom. The molecule has 7 heteroatoms. The summed E-state index contributed by atoms with van der Waals surface area (Å²) in [7, 11) is 0. The minimum Gasteiger partial charge on any atom is -0.541 e. The number of carbonyl (C=O) groups is 2. The van der Waals surface area contributed by atoms with Crippen molar-refractivity contribution in [2.45, 2.75) is 0 Å². The molecule has 0 saturated heterocycles. The van der Waals surface area contributed by atoms with Crippen molar-refractivity contribution in [1.29, 1.82) is 0 Å². The largest absolute Gasteiger partial charge is 1.00 e. The van der Waals surface area contributed by atoms with Gasteiger partial charge in [0.1, 0.15) is 5.97 Å². The van der Waals surface area contributed by atoms with Crippen molar-refractivity contribution in [3.8, 4) is 0 Å². The predicted molar refractivity (Wildman–Crippen MR) is 52.1 cm³/mol. The SMILES string of the molecule is O=C([O-])C(=O)C=Cc1cccc([N+](=O)[O-])c1.[Na+]. The van der Waals surface area contributed by atoms with Crippen LogP contribution >= 0.6 is 0 Å². The van der Waals surface area contributed by atoms with Crippen LogP contribution in [0.2, 0.25) is 0 Å². The number of nitrogens with zero attached hydrogens (tertiary/aromatic N) is 1. The van der Waals surface area contributed by atoms with Crippen LogP contribution in [0.1, 0.15) is 5.56 Å². The van der Waals surface area contributed by atoms with Gasteiger partial charge in [0.05, 0.1) is 4.92 Å². The van der Waals surface area contributed by atoms with Crippen molar-refractivity contribution in [3.05, 3.63) is 46.0 Å². The van der Waals surface area contributed by atoms with Gasteiger partial charge in [-0.3, -0.25) is 14.9 Å². The van der Waals surface area contributed by atoms with Crippen LogP contribution in [-0.4, -0.2) is 16.7 Å². The van der Waals surface area contributed by atoms with Crippen molar-refractivity contribution < 1.29 is 49.2 Å². The van der Waals surface area contributed by atoms with Crippen molar-refractivity contribution >= 4 is 23.5 Å². The zero-order valence-electron chi connectivity index (χ0n) is 8.95. The van der Waals surface area contributed by atoms with Crippen LogP contribution in [0, 0.1) is 10.1 Å². The van der Waals surface area contributed by atoms with Crippen LogP contribution in [0.25, 0.3) is 6.08 Å². The van der Waals surface area contributed by atoms with Gasteiger partial charge < -0.3 is 9.90 Å². The fourth-order valence-corrected chi connectivity index (χ4v) is 0.982. The molecule has 0 fully saturated rings. The molecule has 0 spiro atoms. The van der Waals surface area contributed by atoms with Crippen LogP contribution in [-0.2, 0) is 9.59 Å². The van der Waals surface area contributed by atoms with Gasteiger partial charge in [0, 0.05) is 12.1 Å². The third kappa shape index (κ3) is 4.90. The molecule has 0 aliphatic rings. The number of nitro groups is 1. The minimum atomic E-state index is -1.82. The van der Waals surface area contributed by atoms with Crippen molar-refractivity contribution in [2.75, 3.05) is 0 Å². The quantitative estimate of drug-likeness (QED) is 0.184. The first-order valence-electron chi connectivity index (χ1n) is 4.18. The fraction of sp³-hybridized carbons (Fsp3) is 0. The number of non-ortho nitro benzene ring substituents is 1. The molecular formula is C10H6NNaO5. The van der Waals surface area contributed by atoms with Gasteiger partial charge in [0.15, 0.2) is 0 Å². The topological polar surface area (TPSA) is 100 Å². The first kappa shape index (κ1) is 15.5. The van der Waals surface area contributed by atoms with Crippen LogP contribution in [0.5, 0.6) is 0 Å². The van der Waals surface area contributed by atoms with Crippen LogP contribution in [0.4, 0.5) is 5.69 Å². The van der Waals surface area contributed by atoms with E-state index in [2.05, 4.69) is 0 Å². The van der Waals surface area contributed by atoms with Gasteiger partial charge in [-0.2, -0.15) is 0 Å². The molecule has 0 amide bonds. The van der Waals surface area contributed by atoms with E-state index in [-0.39, 0.29) is 35.2 Å². The third-order valence-electron chi connectivity index (χ3n) is 1.71. The number of carbonyl (C=O) groups excluding carboxylic acids is 2. The Morgan fingerprint density at radius 1 is 1.29 bits per heavy atom. The standard InChI is InChI=1S/C10H7NO5.Na/c12-9(10(13)14)5-4-7-2-1-3-8(6-7)11(15)16;/h1-6H,(H,13,14);/q;+1/p-1. The Bertz CT molecular complexity index is 483. The Balaban J connectivity index is 0.00000256. The zero-order chi connectivity index (χ0) is 12.1. The second-order valence-corrected chi connectivity index (χ2v) is 2.84. The molecule has 1 aromatic carbocycles. The van der Waals surface area contributed by atoms with Crippen LogP contribution in [0.15, 0.2) is 30.3 Å². The van der Waals surface area contributed by atoms with Gasteiger partial charge in [-0.25, -0.2) is 0 Å². The van der Waals surface area contributed by atoms with E-state index in [1.165, 1.54) is 30.3 Å². The number of hydrogen-bond donors (Lipinski definition) is 0. The normalized spacial score (nSPS) is 9.65. The second kappa shape index (κ2) is 6.95. The summed E-state index contributed by atoms with van der Waals surface area (Å²) in [6.45, 7) is 0. The number of hydrogen-bond acceptors (Lipinski definition) is 5. The van der Waals surface area contributed by atoms with Gasteiger partial charge in [0.2, 0.25) is 5.78 Å². The van der Waals surface area contributed by atoms with Gasteiger partial charge in [0.25, 0.3) is 5.69 Å². The molecule has 1 rings (SSSR count). The first-order valence-corrected chi connectivity index (χ1v) is 4.18. The van der Waals surface area contributed by atoms with E-state index in [9.17, 15) is 24.8 Å². The summed E-state index contributed by atoms with van der Waals surface area (Å²) in [4.78, 5) is 30.6. The van der Waals surface area contributed by atoms with E-state index in [1.54, 1.807) is 0 Å². The fourth-order valence-electron chi connectivity index (χ4n) is 0.982. The van der Waals surface area contributed by atoms with Crippen LogP contribution in [0.3, 0.4) is 0 Å². The maximum atomic E-state index is 10.7. The van der Waals surface area contributed by atoms with Crippen molar-refractivity contribution in [2.24, 2.45) is 0 Å². The molecule has 0 saturated carbocycles. The summed E-state index contributed by atoms with van der Waals surface area (Å²) < 4.78 is 0. The molecule has 17 heavy (non-hydrogen) atoms. The first-order chi connectivity index (χ1) is 7.50. The molecule has 6 nitrogen and oxygen atoms in total. The number of ketones is 1. The summed E-state index contributed by atoms with van der Waals surface area (Å²) in [5.74, 6) is -3.01. The minimum absolute atomic E-state index is 0. The van der Waals surface area contributed by atoms with Crippen molar-refractivity contribution in [1.82, 2.24) is 0 Å². The smallest absolute Gasteiger partial charge is 0.541 e. The van der Waals surface area contributed by atoms with Gasteiger partial charge >= 0.3 is 29.6 Å². The molecule has 0 aliphatic carbocycles. The average molecular weight is 243 g/mol. The van der Waals surface area contributed by atoms with Gasteiger partial charge in [-0.15, -0.1) is 0 Å². The molecule has 0 bridgehead atoms. The Kier molecular flexibility index (Phi) is 6.34. The predicted octanol–water partition coefficient (Wildman–Crippen LogP) is -3.07. The van der Waals surface area contributed by atoms with Gasteiger partial charge in [-0.1, -0.05) is 18.2 Å². The molecule has 0 heterocycles. The average Bonchev–Trinajstić information content (AvgIpc) is 2.26. The zero-order valence-corrected chi connectivity index (χ0v) is 11.0. The molecule has 1 aromatic rings. The molecule has 0 N–H and O–H groups in total. The van der Waals surface area contributed by atoms with E-state index in [4.69, 9.17) is 0 Å². The van der Waals surface area contributed by atoms with E-state index >= 15 is 0 Å². The number of nitro benzene ring substituents is 1. The molecule has 0 unspecified atom stereocenters. The van der Waals surface area contributed by atoms with E-state index < -0.39 is 16.7 Å². The molecule has 0 radical (unpaired) electrons. The van der Waals surface area contributed by atoms with E-state index in [0.717, 1.165) is 6.08 Å². The van der Waals surface area contributed by atoms with Crippen molar-refractivity contribution in [3.63, 3.8) is 0 Å². The number of rotatable bonds is 4. The molecule has 0 atom stereocenters. The summed E-state index contributed by atoms with van der Waals surface area (Å²) in [6.07, 6.45) is 1.96. The Morgan fingerprint density at radius 3 is 2.47 bits per heavy atom. The maximum absolute atomic E-state index is 10.7. The molecule has 82 valence electrons. The maximum Gasteiger partial charge on any atom is 1.00 e. The molecule has 0 aromatic heterocycles. The number of aliphatic carboxylic acids is 1. The van der Waals surface area contributed by atoms with Gasteiger partial charge in [-0.05, 0) is 11.6 Å². The molecule has 0 aliphatic heterocycles. The second-order valence-electron chi connectivity index (χ2n) is 2.84. The summed E-state index contributed by atoms with van der Waals surface area (Å²) in [6, 6.07) is 5.45. The monoisotopic (exact) mass is 243 g/mol. The number of carboxylic acid groups (broad SMARTS) is 1. The number of benzene rings is 1. The Hall–Kier alpha value is -1.50. The van der Waals surface area contributed by atoms with Crippen LogP contribution < -0.4 is 34.7 Å².